The summed E-state index contributed by atoms with van der Waals surface area (Å²) in [5.74, 6) is 1.08. The summed E-state index contributed by atoms with van der Waals surface area (Å²) in [5.41, 5.74) is 4.76. The van der Waals surface area contributed by atoms with Crippen LogP contribution in [0.15, 0.2) is 48.7 Å². The molecule has 39 heavy (non-hydrogen) atoms. The molecule has 0 saturated heterocycles. The van der Waals surface area contributed by atoms with Gasteiger partial charge in [0.05, 0.1) is 12.2 Å². The Kier molecular flexibility index (Phi) is 7.11. The van der Waals surface area contributed by atoms with Crippen LogP contribution in [-0.4, -0.2) is 49.7 Å². The average molecular weight is 528 g/mol. The van der Waals surface area contributed by atoms with Crippen molar-refractivity contribution in [2.45, 2.75) is 77.6 Å². The lowest BCUT2D eigenvalue weighted by Gasteiger charge is -2.42. The maximum Gasteiger partial charge on any atom is 0.254 e. The first-order valence-corrected chi connectivity index (χ1v) is 14.3. The van der Waals surface area contributed by atoms with Crippen LogP contribution in [0.4, 0.5) is 0 Å². The summed E-state index contributed by atoms with van der Waals surface area (Å²) >= 11 is 0. The Hall–Kier alpha value is -3.68. The van der Waals surface area contributed by atoms with Crippen molar-refractivity contribution >= 4 is 11.8 Å². The van der Waals surface area contributed by atoms with Crippen molar-refractivity contribution < 1.29 is 14.3 Å². The summed E-state index contributed by atoms with van der Waals surface area (Å²) in [6.45, 7) is 6.09. The topological polar surface area (TPSA) is 80.6 Å². The number of aromatic nitrogens is 3. The molecule has 1 atom stereocenters. The number of hydrogen-bond donors (Lipinski definition) is 0. The van der Waals surface area contributed by atoms with Gasteiger partial charge in [0.2, 0.25) is 5.91 Å². The second-order valence-corrected chi connectivity index (χ2v) is 11.4. The van der Waals surface area contributed by atoms with Gasteiger partial charge in [0.15, 0.2) is 0 Å². The van der Waals surface area contributed by atoms with Crippen LogP contribution in [0.5, 0.6) is 5.75 Å². The van der Waals surface area contributed by atoms with Crippen LogP contribution in [0, 0.1) is 5.92 Å². The lowest BCUT2D eigenvalue weighted by molar-refractivity contribution is -0.140. The highest BCUT2D eigenvalue weighted by Gasteiger charge is 2.39. The monoisotopic (exact) mass is 527 g/mol. The van der Waals surface area contributed by atoms with Crippen LogP contribution in [-0.2, 0) is 24.4 Å². The number of nitrogens with zero attached hydrogens (tertiary/aromatic N) is 5. The molecule has 3 aliphatic rings. The van der Waals surface area contributed by atoms with Gasteiger partial charge in [-0.3, -0.25) is 9.59 Å². The molecule has 2 amide bonds. The average Bonchev–Trinajstić information content (AvgIpc) is 3.57. The van der Waals surface area contributed by atoms with Gasteiger partial charge in [0.1, 0.15) is 18.1 Å². The SMILES string of the molecule is CC(C)n1cc(COc2cccc3c2[C@@H](CN2Cc4ccccc4C2=O)N(C(=O)C2CCCCC2)CC3)nn1. The third-order valence-corrected chi connectivity index (χ3v) is 8.48. The number of amides is 2. The molecule has 0 bridgehead atoms. The number of carbonyl (C=O) groups is 2. The maximum absolute atomic E-state index is 14.0. The van der Waals surface area contributed by atoms with Crippen LogP contribution in [0.3, 0.4) is 0 Å². The van der Waals surface area contributed by atoms with Gasteiger partial charge in [0.25, 0.3) is 5.91 Å². The Balaban J connectivity index is 1.32. The summed E-state index contributed by atoms with van der Waals surface area (Å²) in [4.78, 5) is 31.3. The molecule has 0 unspecified atom stereocenters. The molecule has 0 radical (unpaired) electrons. The zero-order chi connectivity index (χ0) is 26.9. The van der Waals surface area contributed by atoms with Crippen LogP contribution in [0.2, 0.25) is 0 Å². The molecule has 1 fully saturated rings. The first-order chi connectivity index (χ1) is 19.0. The third kappa shape index (κ3) is 5.04. The zero-order valence-electron chi connectivity index (χ0n) is 22.9. The molecule has 204 valence electrons. The Morgan fingerprint density at radius 1 is 1.05 bits per heavy atom. The number of fused-ring (bicyclic) bond motifs is 2. The lowest BCUT2D eigenvalue weighted by atomic mass is 9.85. The van der Waals surface area contributed by atoms with Gasteiger partial charge in [-0.2, -0.15) is 0 Å². The Labute approximate surface area is 229 Å². The number of carbonyl (C=O) groups excluding carboxylic acids is 2. The Bertz CT molecular complexity index is 1360. The van der Waals surface area contributed by atoms with E-state index in [2.05, 4.69) is 35.1 Å². The molecule has 2 aliphatic heterocycles. The maximum atomic E-state index is 14.0. The van der Waals surface area contributed by atoms with Crippen molar-refractivity contribution in [1.82, 2.24) is 24.8 Å². The van der Waals surface area contributed by atoms with E-state index in [9.17, 15) is 9.59 Å². The number of ether oxygens (including phenoxy) is 1. The molecule has 2 aromatic carbocycles. The van der Waals surface area contributed by atoms with Crippen molar-refractivity contribution in [2.75, 3.05) is 13.1 Å². The first kappa shape index (κ1) is 25.6. The molecule has 3 heterocycles. The molecule has 1 aliphatic carbocycles. The fourth-order valence-corrected chi connectivity index (χ4v) is 6.36. The molecule has 1 saturated carbocycles. The van der Waals surface area contributed by atoms with E-state index in [-0.39, 0.29) is 29.8 Å². The summed E-state index contributed by atoms with van der Waals surface area (Å²) in [6, 6.07) is 13.9. The van der Waals surface area contributed by atoms with Crippen LogP contribution in [0.1, 0.15) is 90.8 Å². The van der Waals surface area contributed by atoms with E-state index in [0.29, 0.717) is 26.2 Å². The zero-order valence-corrected chi connectivity index (χ0v) is 22.9. The van der Waals surface area contributed by atoms with E-state index in [1.165, 1.54) is 12.0 Å². The minimum absolute atomic E-state index is 0.0338. The predicted molar refractivity (Wildman–Crippen MR) is 147 cm³/mol. The molecule has 8 heteroatoms. The first-order valence-electron chi connectivity index (χ1n) is 14.3. The van der Waals surface area contributed by atoms with Gasteiger partial charge in [-0.25, -0.2) is 4.68 Å². The van der Waals surface area contributed by atoms with Crippen molar-refractivity contribution in [3.8, 4) is 5.75 Å². The highest BCUT2D eigenvalue weighted by Crippen LogP contribution is 2.40. The summed E-state index contributed by atoms with van der Waals surface area (Å²) in [6.07, 6.45) is 8.01. The fourth-order valence-electron chi connectivity index (χ4n) is 6.36. The van der Waals surface area contributed by atoms with E-state index in [0.717, 1.165) is 60.2 Å². The highest BCUT2D eigenvalue weighted by molar-refractivity contribution is 5.98. The van der Waals surface area contributed by atoms with Crippen LogP contribution < -0.4 is 4.74 Å². The van der Waals surface area contributed by atoms with Gasteiger partial charge in [-0.15, -0.1) is 5.10 Å². The molecule has 0 spiro atoms. The van der Waals surface area contributed by atoms with Gasteiger partial charge >= 0.3 is 0 Å². The molecular formula is C31H37N5O3. The van der Waals surface area contributed by atoms with E-state index in [1.54, 1.807) is 0 Å². The van der Waals surface area contributed by atoms with Crippen molar-refractivity contribution in [1.29, 1.82) is 0 Å². The minimum atomic E-state index is -0.260. The normalized spacial score (nSPS) is 19.4. The Morgan fingerprint density at radius 2 is 1.85 bits per heavy atom. The molecule has 3 aromatic rings. The largest absolute Gasteiger partial charge is 0.487 e. The second kappa shape index (κ2) is 10.8. The van der Waals surface area contributed by atoms with Crippen LogP contribution in [0.25, 0.3) is 0 Å². The van der Waals surface area contributed by atoms with Gasteiger partial charge < -0.3 is 14.5 Å². The molecule has 0 N–H and O–H groups in total. The quantitative estimate of drug-likeness (QED) is 0.427. The molecule has 6 rings (SSSR count). The van der Waals surface area contributed by atoms with E-state index in [4.69, 9.17) is 4.74 Å². The fraction of sp³-hybridized carbons (Fsp3) is 0.484. The smallest absolute Gasteiger partial charge is 0.254 e. The lowest BCUT2D eigenvalue weighted by Crippen LogP contribution is -2.47. The summed E-state index contributed by atoms with van der Waals surface area (Å²) < 4.78 is 8.21. The van der Waals surface area contributed by atoms with Crippen molar-refractivity contribution in [3.63, 3.8) is 0 Å². The van der Waals surface area contributed by atoms with E-state index in [1.807, 2.05) is 52.2 Å². The minimum Gasteiger partial charge on any atom is -0.487 e. The summed E-state index contributed by atoms with van der Waals surface area (Å²) in [7, 11) is 0. The van der Waals surface area contributed by atoms with Gasteiger partial charge in [-0.1, -0.05) is 54.8 Å². The van der Waals surface area contributed by atoms with E-state index >= 15 is 0 Å². The summed E-state index contributed by atoms with van der Waals surface area (Å²) in [5, 5.41) is 8.48. The number of benzene rings is 2. The number of hydrogen-bond acceptors (Lipinski definition) is 5. The standard InChI is InChI=1S/C31H37N5O3/c1-21(2)36-18-25(32-33-36)20-39-28-14-8-12-22-15-16-35(30(37)23-9-4-3-5-10-23)27(29(22)28)19-34-17-24-11-6-7-13-26(24)31(34)38/h6-8,11-14,18,21,23,27H,3-5,9-10,15-17,19-20H2,1-2H3/t27-/m1/s1. The second-order valence-electron chi connectivity index (χ2n) is 11.4. The molecule has 1 aromatic heterocycles. The number of rotatable bonds is 7. The molecule has 8 nitrogen and oxygen atoms in total. The Morgan fingerprint density at radius 3 is 2.62 bits per heavy atom. The van der Waals surface area contributed by atoms with Gasteiger partial charge in [-0.05, 0) is 56.4 Å². The van der Waals surface area contributed by atoms with E-state index < -0.39 is 0 Å². The van der Waals surface area contributed by atoms with Crippen LogP contribution >= 0.6 is 0 Å². The van der Waals surface area contributed by atoms with Crippen molar-refractivity contribution in [2.24, 2.45) is 5.92 Å². The van der Waals surface area contributed by atoms with Gasteiger partial charge in [0, 0.05) is 42.7 Å². The molecular weight excluding hydrogens is 490 g/mol. The highest BCUT2D eigenvalue weighted by atomic mass is 16.5. The predicted octanol–water partition coefficient (Wildman–Crippen LogP) is 5.10. The van der Waals surface area contributed by atoms with Crippen molar-refractivity contribution in [3.05, 3.63) is 76.6 Å². The third-order valence-electron chi connectivity index (χ3n) is 8.48.